The van der Waals surface area contributed by atoms with E-state index in [1.807, 2.05) is 6.20 Å². The Morgan fingerprint density at radius 1 is 1.29 bits per heavy atom. The Bertz CT molecular complexity index is 605. The van der Waals surface area contributed by atoms with Crippen molar-refractivity contribution < 1.29 is 0 Å². The fourth-order valence-corrected chi connectivity index (χ4v) is 3.23. The van der Waals surface area contributed by atoms with Gasteiger partial charge in [0.25, 0.3) is 0 Å². The van der Waals surface area contributed by atoms with Crippen molar-refractivity contribution in [3.05, 3.63) is 42.1 Å². The van der Waals surface area contributed by atoms with Crippen molar-refractivity contribution in [1.82, 2.24) is 15.2 Å². The van der Waals surface area contributed by atoms with Gasteiger partial charge in [-0.2, -0.15) is 0 Å². The number of benzene rings is 1. The third kappa shape index (κ3) is 3.25. The van der Waals surface area contributed by atoms with Crippen molar-refractivity contribution in [1.29, 1.82) is 0 Å². The molecule has 1 atom stereocenters. The zero-order valence-electron chi connectivity index (χ0n) is 13.1. The Morgan fingerprint density at radius 2 is 2.14 bits per heavy atom. The molecule has 21 heavy (non-hydrogen) atoms. The average Bonchev–Trinajstić information content (AvgIpc) is 2.70. The van der Waals surface area contributed by atoms with Crippen molar-refractivity contribution in [2.45, 2.75) is 38.8 Å². The van der Waals surface area contributed by atoms with Gasteiger partial charge in [-0.3, -0.25) is 9.88 Å². The number of para-hydroxylation sites is 1. The van der Waals surface area contributed by atoms with Crippen molar-refractivity contribution in [2.24, 2.45) is 0 Å². The number of fused-ring (bicyclic) bond motifs is 1. The lowest BCUT2D eigenvalue weighted by molar-refractivity contribution is 0.209. The molecule has 3 heteroatoms. The minimum atomic E-state index is 0.235. The molecular formula is C18H25N3. The summed E-state index contributed by atoms with van der Waals surface area (Å²) in [4.78, 5) is 7.06. The molecule has 112 valence electrons. The molecule has 0 aliphatic carbocycles. The summed E-state index contributed by atoms with van der Waals surface area (Å²) in [5.41, 5.74) is 2.72. The molecule has 0 saturated carbocycles. The summed E-state index contributed by atoms with van der Waals surface area (Å²) < 4.78 is 0. The highest BCUT2D eigenvalue weighted by Gasteiger charge is 2.27. The highest BCUT2D eigenvalue weighted by molar-refractivity contribution is 5.81. The van der Waals surface area contributed by atoms with Crippen LogP contribution >= 0.6 is 0 Å². The number of rotatable bonds is 3. The van der Waals surface area contributed by atoms with Crippen LogP contribution in [0.5, 0.6) is 0 Å². The van der Waals surface area contributed by atoms with Gasteiger partial charge < -0.3 is 5.32 Å². The Labute approximate surface area is 127 Å². The first kappa shape index (κ1) is 14.5. The first-order valence-electron chi connectivity index (χ1n) is 8.00. The number of pyridine rings is 1. The first-order valence-corrected chi connectivity index (χ1v) is 8.00. The molecule has 2 heterocycles. The predicted octanol–water partition coefficient (Wildman–Crippen LogP) is 3.20. The van der Waals surface area contributed by atoms with Crippen LogP contribution < -0.4 is 5.32 Å². The number of nitrogens with one attached hydrogen (secondary N) is 1. The van der Waals surface area contributed by atoms with Crippen LogP contribution in [-0.4, -0.2) is 35.1 Å². The highest BCUT2D eigenvalue weighted by atomic mass is 15.2. The van der Waals surface area contributed by atoms with Gasteiger partial charge in [-0.05, 0) is 50.6 Å². The third-order valence-corrected chi connectivity index (χ3v) is 4.69. The van der Waals surface area contributed by atoms with Crippen LogP contribution in [0.2, 0.25) is 0 Å². The second-order valence-electron chi connectivity index (χ2n) is 6.39. The minimum Gasteiger partial charge on any atom is -0.310 e. The van der Waals surface area contributed by atoms with E-state index in [4.69, 9.17) is 0 Å². The highest BCUT2D eigenvalue weighted by Crippen LogP contribution is 2.21. The summed E-state index contributed by atoms with van der Waals surface area (Å²) in [5, 5.41) is 4.99. The fourth-order valence-electron chi connectivity index (χ4n) is 3.23. The van der Waals surface area contributed by atoms with E-state index in [2.05, 4.69) is 59.4 Å². The van der Waals surface area contributed by atoms with Crippen molar-refractivity contribution in [3.63, 3.8) is 0 Å². The van der Waals surface area contributed by atoms with Crippen LogP contribution in [-0.2, 0) is 6.54 Å². The van der Waals surface area contributed by atoms with E-state index >= 15 is 0 Å². The molecule has 1 aromatic carbocycles. The second-order valence-corrected chi connectivity index (χ2v) is 6.39. The fraction of sp³-hybridized carbons (Fsp3) is 0.500. The van der Waals surface area contributed by atoms with Gasteiger partial charge in [0.1, 0.15) is 0 Å². The molecule has 0 amide bonds. The molecule has 1 N–H and O–H groups in total. The molecular weight excluding hydrogens is 258 g/mol. The van der Waals surface area contributed by atoms with E-state index < -0.39 is 0 Å². The Hall–Kier alpha value is -1.45. The molecule has 2 aromatic rings. The lowest BCUT2D eigenvalue weighted by Crippen LogP contribution is -2.48. The predicted molar refractivity (Wildman–Crippen MR) is 88.3 cm³/mol. The van der Waals surface area contributed by atoms with E-state index in [1.165, 1.54) is 30.3 Å². The zero-order chi connectivity index (χ0) is 14.7. The Kier molecular flexibility index (Phi) is 4.22. The zero-order valence-corrected chi connectivity index (χ0v) is 13.1. The summed E-state index contributed by atoms with van der Waals surface area (Å²) in [5.74, 6) is 0. The van der Waals surface area contributed by atoms with Crippen molar-refractivity contribution >= 4 is 10.9 Å². The molecule has 0 bridgehead atoms. The average molecular weight is 283 g/mol. The first-order chi connectivity index (χ1) is 10.2. The van der Waals surface area contributed by atoms with E-state index in [0.717, 1.165) is 25.2 Å². The van der Waals surface area contributed by atoms with Gasteiger partial charge in [-0.15, -0.1) is 0 Å². The smallest absolute Gasteiger partial charge is 0.0705 e. The van der Waals surface area contributed by atoms with Crippen LogP contribution in [0.15, 0.2) is 36.5 Å². The molecule has 0 radical (unpaired) electrons. The van der Waals surface area contributed by atoms with E-state index in [0.29, 0.717) is 0 Å². The summed E-state index contributed by atoms with van der Waals surface area (Å²) in [6.45, 7) is 9.03. The van der Waals surface area contributed by atoms with Gasteiger partial charge in [0.05, 0.1) is 5.52 Å². The normalized spacial score (nSPS) is 24.1. The molecule has 1 unspecified atom stereocenters. The van der Waals surface area contributed by atoms with Gasteiger partial charge in [-0.1, -0.05) is 25.1 Å². The monoisotopic (exact) mass is 283 g/mol. The van der Waals surface area contributed by atoms with Gasteiger partial charge in [-0.25, -0.2) is 0 Å². The SMILES string of the molecule is CCC1(C)CN(Cc2ccnc3ccccc23)CCCN1. The van der Waals surface area contributed by atoms with E-state index in [1.54, 1.807) is 0 Å². The van der Waals surface area contributed by atoms with E-state index in [9.17, 15) is 0 Å². The number of aromatic nitrogens is 1. The van der Waals surface area contributed by atoms with Crippen molar-refractivity contribution in [2.75, 3.05) is 19.6 Å². The molecule has 1 aliphatic heterocycles. The molecule has 0 spiro atoms. The maximum atomic E-state index is 4.47. The summed E-state index contributed by atoms with van der Waals surface area (Å²) in [6, 6.07) is 10.6. The van der Waals surface area contributed by atoms with Crippen LogP contribution in [0.3, 0.4) is 0 Å². The van der Waals surface area contributed by atoms with E-state index in [-0.39, 0.29) is 5.54 Å². The summed E-state index contributed by atoms with van der Waals surface area (Å²) in [6.07, 6.45) is 4.33. The number of nitrogens with zero attached hydrogens (tertiary/aromatic N) is 2. The van der Waals surface area contributed by atoms with Crippen molar-refractivity contribution in [3.8, 4) is 0 Å². The molecule has 3 nitrogen and oxygen atoms in total. The lowest BCUT2D eigenvalue weighted by atomic mass is 9.98. The maximum Gasteiger partial charge on any atom is 0.0705 e. The lowest BCUT2D eigenvalue weighted by Gasteiger charge is -2.32. The van der Waals surface area contributed by atoms with Crippen LogP contribution in [0, 0.1) is 0 Å². The molecule has 1 fully saturated rings. The van der Waals surface area contributed by atoms with Crippen LogP contribution in [0.4, 0.5) is 0 Å². The Balaban J connectivity index is 1.84. The standard InChI is InChI=1S/C18H25N3/c1-3-18(2)14-21(12-6-10-20-18)13-15-9-11-19-17-8-5-4-7-16(15)17/h4-5,7-9,11,20H,3,6,10,12-14H2,1-2H3. The second kappa shape index (κ2) is 6.12. The van der Waals surface area contributed by atoms with Gasteiger partial charge >= 0.3 is 0 Å². The van der Waals surface area contributed by atoms with Crippen LogP contribution in [0.1, 0.15) is 32.3 Å². The van der Waals surface area contributed by atoms with Gasteiger partial charge in [0, 0.05) is 30.2 Å². The quantitative estimate of drug-likeness (QED) is 0.937. The Morgan fingerprint density at radius 3 is 3.00 bits per heavy atom. The molecule has 1 saturated heterocycles. The number of hydrogen-bond donors (Lipinski definition) is 1. The van der Waals surface area contributed by atoms with Gasteiger partial charge in [0.2, 0.25) is 0 Å². The summed E-state index contributed by atoms with van der Waals surface area (Å²) >= 11 is 0. The molecule has 1 aromatic heterocycles. The third-order valence-electron chi connectivity index (χ3n) is 4.69. The maximum absolute atomic E-state index is 4.47. The largest absolute Gasteiger partial charge is 0.310 e. The minimum absolute atomic E-state index is 0.235. The summed E-state index contributed by atoms with van der Waals surface area (Å²) in [7, 11) is 0. The molecule has 3 rings (SSSR count). The number of hydrogen-bond acceptors (Lipinski definition) is 3. The van der Waals surface area contributed by atoms with Crippen LogP contribution in [0.25, 0.3) is 10.9 Å². The van der Waals surface area contributed by atoms with Gasteiger partial charge in [0.15, 0.2) is 0 Å². The molecule has 1 aliphatic rings. The topological polar surface area (TPSA) is 28.2 Å².